The molecule has 33 heavy (non-hydrogen) atoms. The lowest BCUT2D eigenvalue weighted by Crippen LogP contribution is -2.56. The van der Waals surface area contributed by atoms with Gasteiger partial charge in [0.05, 0.1) is 30.1 Å². The lowest BCUT2D eigenvalue weighted by atomic mass is 9.80. The molecule has 3 aromatic rings. The van der Waals surface area contributed by atoms with E-state index in [1.165, 1.54) is 11.5 Å². The lowest BCUT2D eigenvalue weighted by molar-refractivity contribution is 0.0734. The maximum absolute atomic E-state index is 9.88. The molecule has 4 heterocycles. The number of hydrogen-bond acceptors (Lipinski definition) is 8. The van der Waals surface area contributed by atoms with Crippen LogP contribution in [0, 0.1) is 5.92 Å². The summed E-state index contributed by atoms with van der Waals surface area (Å²) in [5, 5.41) is 19.2. The van der Waals surface area contributed by atoms with Crippen molar-refractivity contribution in [3.8, 4) is 5.88 Å². The van der Waals surface area contributed by atoms with E-state index < -0.39 is 0 Å². The highest BCUT2D eigenvalue weighted by Gasteiger charge is 2.45. The highest BCUT2D eigenvalue weighted by atomic mass is 32.1. The van der Waals surface area contributed by atoms with Gasteiger partial charge in [-0.1, -0.05) is 12.1 Å². The molecular formula is C24H29N5O3S. The van der Waals surface area contributed by atoms with E-state index in [-0.39, 0.29) is 30.2 Å². The fraction of sp³-hybridized carbons (Fsp3) is 0.500. The highest BCUT2D eigenvalue weighted by molar-refractivity contribution is 7.13. The zero-order valence-electron chi connectivity index (χ0n) is 18.6. The monoisotopic (exact) mass is 467 g/mol. The summed E-state index contributed by atoms with van der Waals surface area (Å²) in [6.45, 7) is 0.728. The van der Waals surface area contributed by atoms with E-state index in [0.29, 0.717) is 11.9 Å². The minimum atomic E-state index is -0.249. The van der Waals surface area contributed by atoms with Crippen molar-refractivity contribution in [3.05, 3.63) is 47.8 Å². The van der Waals surface area contributed by atoms with Crippen LogP contribution in [-0.4, -0.2) is 51.3 Å². The first-order valence-corrected chi connectivity index (χ1v) is 12.4. The van der Waals surface area contributed by atoms with Gasteiger partial charge in [-0.05, 0) is 49.4 Å². The van der Waals surface area contributed by atoms with Crippen molar-refractivity contribution < 1.29 is 14.6 Å². The molecule has 2 fully saturated rings. The van der Waals surface area contributed by atoms with Crippen molar-refractivity contribution in [2.75, 3.05) is 13.7 Å². The fourth-order valence-corrected chi connectivity index (χ4v) is 6.34. The second-order valence-electron chi connectivity index (χ2n) is 9.32. The van der Waals surface area contributed by atoms with Crippen LogP contribution in [0.5, 0.6) is 5.88 Å². The van der Waals surface area contributed by atoms with E-state index in [9.17, 15) is 5.11 Å². The van der Waals surface area contributed by atoms with E-state index in [2.05, 4.69) is 34.1 Å². The topological polar surface area (TPSA) is 107 Å². The zero-order valence-corrected chi connectivity index (χ0v) is 19.4. The normalized spacial score (nSPS) is 31.8. The van der Waals surface area contributed by atoms with Gasteiger partial charge in [0.2, 0.25) is 5.88 Å². The van der Waals surface area contributed by atoms with E-state index >= 15 is 0 Å². The molecule has 0 spiro atoms. The van der Waals surface area contributed by atoms with Crippen molar-refractivity contribution in [2.24, 2.45) is 11.7 Å². The highest BCUT2D eigenvalue weighted by Crippen LogP contribution is 2.45. The number of aromatic nitrogens is 3. The Morgan fingerprint density at radius 2 is 2.12 bits per heavy atom. The van der Waals surface area contributed by atoms with Crippen molar-refractivity contribution in [1.82, 2.24) is 19.5 Å². The number of ether oxygens (including phenoxy) is 2. The molecule has 4 atom stereocenters. The minimum absolute atomic E-state index is 0.110. The van der Waals surface area contributed by atoms with Gasteiger partial charge in [-0.15, -0.1) is 5.10 Å². The fourth-order valence-electron chi connectivity index (χ4n) is 5.58. The van der Waals surface area contributed by atoms with Crippen LogP contribution < -0.4 is 15.8 Å². The largest absolute Gasteiger partial charge is 0.486 e. The third-order valence-corrected chi connectivity index (χ3v) is 8.23. The van der Waals surface area contributed by atoms with Crippen LogP contribution in [0.4, 0.5) is 0 Å². The Morgan fingerprint density at radius 3 is 2.94 bits per heavy atom. The number of aliphatic hydroxyl groups is 1. The minimum Gasteiger partial charge on any atom is -0.486 e. The van der Waals surface area contributed by atoms with Crippen LogP contribution >= 0.6 is 11.5 Å². The van der Waals surface area contributed by atoms with Gasteiger partial charge in [-0.2, -0.15) is 4.37 Å². The Bertz CT molecular complexity index is 1180. The quantitative estimate of drug-likeness (QED) is 0.541. The summed E-state index contributed by atoms with van der Waals surface area (Å²) in [6, 6.07) is 6.50. The molecule has 174 valence electrons. The molecule has 8 nitrogen and oxygen atoms in total. The number of fused-ring (bicyclic) bond motifs is 2. The van der Waals surface area contributed by atoms with Crippen LogP contribution in [0.25, 0.3) is 15.8 Å². The average molecular weight is 468 g/mol. The number of piperidine rings is 1. The van der Waals surface area contributed by atoms with Crippen LogP contribution in [0.3, 0.4) is 0 Å². The summed E-state index contributed by atoms with van der Waals surface area (Å²) in [7, 11) is 1.68. The molecular weight excluding hydrogens is 438 g/mol. The van der Waals surface area contributed by atoms with Gasteiger partial charge in [0.1, 0.15) is 11.9 Å². The molecule has 0 amide bonds. The predicted molar refractivity (Wildman–Crippen MR) is 127 cm³/mol. The van der Waals surface area contributed by atoms with Gasteiger partial charge in [0, 0.05) is 47.3 Å². The molecule has 4 unspecified atom stereocenters. The first kappa shape index (κ1) is 21.1. The van der Waals surface area contributed by atoms with E-state index in [0.717, 1.165) is 59.2 Å². The summed E-state index contributed by atoms with van der Waals surface area (Å²) >= 11 is 1.49. The molecule has 1 saturated carbocycles. The Morgan fingerprint density at radius 1 is 1.27 bits per heavy atom. The average Bonchev–Trinajstić information content (AvgIpc) is 3.57. The first-order chi connectivity index (χ1) is 16.1. The smallest absolute Gasteiger partial charge is 0.236 e. The van der Waals surface area contributed by atoms with Gasteiger partial charge < -0.3 is 20.3 Å². The molecule has 9 heteroatoms. The van der Waals surface area contributed by atoms with Gasteiger partial charge in [0.15, 0.2) is 0 Å². The molecule has 2 aromatic heterocycles. The number of rotatable bonds is 4. The SMILES string of the molecule is COc1nn(C2CCC(O)CC2)cc1C1CNC(N)C2OC(c3cccc4cnsc34)=CC12. The third kappa shape index (κ3) is 3.63. The van der Waals surface area contributed by atoms with E-state index in [1.54, 1.807) is 7.11 Å². The van der Waals surface area contributed by atoms with E-state index in [1.807, 2.05) is 16.9 Å². The zero-order chi connectivity index (χ0) is 22.5. The summed E-state index contributed by atoms with van der Waals surface area (Å²) in [6.07, 6.45) is 9.15. The van der Waals surface area contributed by atoms with Crippen molar-refractivity contribution in [3.63, 3.8) is 0 Å². The van der Waals surface area contributed by atoms with Crippen LogP contribution in [0.1, 0.15) is 48.8 Å². The second-order valence-corrected chi connectivity index (χ2v) is 10.1. The van der Waals surface area contributed by atoms with E-state index in [4.69, 9.17) is 20.3 Å². The Kier molecular flexibility index (Phi) is 5.37. The van der Waals surface area contributed by atoms with Gasteiger partial charge in [-0.3, -0.25) is 10.00 Å². The van der Waals surface area contributed by atoms with Crippen molar-refractivity contribution >= 4 is 27.4 Å². The van der Waals surface area contributed by atoms with Gasteiger partial charge in [0.25, 0.3) is 0 Å². The molecule has 2 aliphatic heterocycles. The van der Waals surface area contributed by atoms with Crippen LogP contribution in [0.15, 0.2) is 36.7 Å². The molecule has 3 aliphatic rings. The molecule has 0 radical (unpaired) electrons. The van der Waals surface area contributed by atoms with Crippen molar-refractivity contribution in [1.29, 1.82) is 0 Å². The molecule has 0 bridgehead atoms. The summed E-state index contributed by atoms with van der Waals surface area (Å²) in [4.78, 5) is 0. The van der Waals surface area contributed by atoms with Crippen LogP contribution in [0.2, 0.25) is 0 Å². The number of aliphatic hydroxyl groups excluding tert-OH is 1. The van der Waals surface area contributed by atoms with Crippen molar-refractivity contribution in [2.45, 2.75) is 56.0 Å². The maximum Gasteiger partial charge on any atom is 0.236 e. The number of nitrogens with one attached hydrogen (secondary N) is 1. The third-order valence-electron chi connectivity index (χ3n) is 7.38. The number of hydrogen-bond donors (Lipinski definition) is 3. The lowest BCUT2D eigenvalue weighted by Gasteiger charge is -2.37. The molecule has 1 saturated heterocycles. The summed E-state index contributed by atoms with van der Waals surface area (Å²) < 4.78 is 19.7. The molecule has 4 N–H and O–H groups in total. The Balaban J connectivity index is 1.34. The Hall–Kier alpha value is -2.46. The molecule has 1 aromatic carbocycles. The van der Waals surface area contributed by atoms with Gasteiger partial charge >= 0.3 is 0 Å². The number of benzene rings is 1. The summed E-state index contributed by atoms with van der Waals surface area (Å²) in [5.74, 6) is 1.77. The molecule has 6 rings (SSSR count). The second kappa shape index (κ2) is 8.39. The van der Waals surface area contributed by atoms with Crippen LogP contribution in [-0.2, 0) is 4.74 Å². The Labute approximate surface area is 196 Å². The maximum atomic E-state index is 9.88. The number of nitrogens with zero attached hydrogens (tertiary/aromatic N) is 3. The summed E-state index contributed by atoms with van der Waals surface area (Å²) in [5.41, 5.74) is 8.59. The molecule has 1 aliphatic carbocycles. The number of methoxy groups -OCH3 is 1. The predicted octanol–water partition coefficient (Wildman–Crippen LogP) is 3.01. The first-order valence-electron chi connectivity index (χ1n) is 11.6. The number of nitrogens with two attached hydrogens (primary N) is 1. The standard InChI is InChI=1S/C24H29N5O3S/c1-31-24-19(12-29(28-24)14-5-7-15(30)8-6-14)18-11-26-23(25)21-17(18)9-20(32-21)16-4-2-3-13-10-27-33-22(13)16/h2-4,9-10,12,14-15,17-18,21,23,26,30H,5-8,11,25H2,1H3. The van der Waals surface area contributed by atoms with Gasteiger partial charge in [-0.25, -0.2) is 0 Å².